The van der Waals surface area contributed by atoms with Gasteiger partial charge >= 0.3 is 0 Å². The van der Waals surface area contributed by atoms with Crippen molar-refractivity contribution in [3.63, 3.8) is 0 Å². The second-order valence-electron chi connectivity index (χ2n) is 8.25. The largest absolute Gasteiger partial charge is 0.436 e. The third-order valence-electron chi connectivity index (χ3n) is 5.51. The van der Waals surface area contributed by atoms with Gasteiger partial charge in [-0.1, -0.05) is 38.5 Å². The number of rotatable bonds is 10. The summed E-state index contributed by atoms with van der Waals surface area (Å²) in [4.78, 5) is 30.5. The summed E-state index contributed by atoms with van der Waals surface area (Å²) in [6.07, 6.45) is 3.04. The number of thioether (sulfide) groups is 1. The van der Waals surface area contributed by atoms with Gasteiger partial charge in [-0.15, -0.1) is 11.8 Å². The van der Waals surface area contributed by atoms with Crippen molar-refractivity contribution in [2.24, 2.45) is 0 Å². The Bertz CT molecular complexity index is 1270. The number of nitrogens with one attached hydrogen (secondary N) is 2. The summed E-state index contributed by atoms with van der Waals surface area (Å²) in [5, 5.41) is 5.68. The first-order chi connectivity index (χ1) is 17.1. The fourth-order valence-corrected chi connectivity index (χ4v) is 4.62. The van der Waals surface area contributed by atoms with Gasteiger partial charge in [0.25, 0.3) is 0 Å². The quantitative estimate of drug-likeness (QED) is 0.232. The molecule has 0 bridgehead atoms. The molecule has 35 heavy (non-hydrogen) atoms. The molecule has 180 valence electrons. The van der Waals surface area contributed by atoms with Crippen LogP contribution >= 0.6 is 11.8 Å². The monoisotopic (exact) mass is 487 g/mol. The highest BCUT2D eigenvalue weighted by Crippen LogP contribution is 2.29. The molecule has 1 aromatic heterocycles. The highest BCUT2D eigenvalue weighted by molar-refractivity contribution is 8.00. The molecule has 7 heteroatoms. The summed E-state index contributed by atoms with van der Waals surface area (Å²) in [7, 11) is 0. The van der Waals surface area contributed by atoms with E-state index in [1.54, 1.807) is 0 Å². The third kappa shape index (κ3) is 6.51. The molecule has 0 saturated carbocycles. The molecule has 4 rings (SSSR count). The third-order valence-corrected chi connectivity index (χ3v) is 6.87. The number of amides is 2. The number of benzene rings is 3. The average Bonchev–Trinajstić information content (AvgIpc) is 3.31. The molecular weight excluding hydrogens is 458 g/mol. The fourth-order valence-electron chi connectivity index (χ4n) is 3.61. The van der Waals surface area contributed by atoms with Gasteiger partial charge in [-0.3, -0.25) is 9.59 Å². The molecule has 2 amide bonds. The van der Waals surface area contributed by atoms with Gasteiger partial charge < -0.3 is 15.1 Å². The molecule has 0 saturated heterocycles. The molecule has 0 radical (unpaired) electrons. The second-order valence-corrected chi connectivity index (χ2v) is 9.52. The van der Waals surface area contributed by atoms with Crippen LogP contribution in [0.15, 0.2) is 82.1 Å². The number of fused-ring (bicyclic) bond motifs is 1. The van der Waals surface area contributed by atoms with E-state index in [2.05, 4.69) is 22.5 Å². The predicted molar refractivity (Wildman–Crippen MR) is 143 cm³/mol. The zero-order valence-corrected chi connectivity index (χ0v) is 20.7. The average molecular weight is 488 g/mol. The molecular formula is C28H29N3O3S. The lowest BCUT2D eigenvalue weighted by Gasteiger charge is -2.15. The number of aromatic nitrogens is 1. The summed E-state index contributed by atoms with van der Waals surface area (Å²) in [5.41, 5.74) is 3.87. The SMILES string of the molecule is CCCCC(=O)Nc1cccc(SC(CC)C(=O)Nc2ccc(-c3nc4ccccc4o3)cc2)c1. The van der Waals surface area contributed by atoms with E-state index in [0.717, 1.165) is 40.1 Å². The first kappa shape index (κ1) is 24.5. The van der Waals surface area contributed by atoms with Crippen molar-refractivity contribution in [2.45, 2.75) is 49.7 Å². The van der Waals surface area contributed by atoms with E-state index in [-0.39, 0.29) is 17.1 Å². The smallest absolute Gasteiger partial charge is 0.237 e. The van der Waals surface area contributed by atoms with Crippen molar-refractivity contribution in [1.82, 2.24) is 4.98 Å². The maximum atomic E-state index is 13.0. The normalized spacial score (nSPS) is 11.8. The number of hydrogen-bond donors (Lipinski definition) is 2. The molecule has 6 nitrogen and oxygen atoms in total. The molecule has 0 aliphatic carbocycles. The molecule has 0 fully saturated rings. The number of anilines is 2. The Morgan fingerprint density at radius 2 is 1.74 bits per heavy atom. The summed E-state index contributed by atoms with van der Waals surface area (Å²) < 4.78 is 5.82. The zero-order valence-electron chi connectivity index (χ0n) is 19.9. The van der Waals surface area contributed by atoms with Crippen LogP contribution in [0.25, 0.3) is 22.6 Å². The first-order valence-electron chi connectivity index (χ1n) is 11.9. The number of carbonyl (C=O) groups is 2. The lowest BCUT2D eigenvalue weighted by molar-refractivity contribution is -0.116. The van der Waals surface area contributed by atoms with Crippen molar-refractivity contribution in [1.29, 1.82) is 0 Å². The Morgan fingerprint density at radius 1 is 0.943 bits per heavy atom. The van der Waals surface area contributed by atoms with E-state index >= 15 is 0 Å². The van der Waals surface area contributed by atoms with Crippen molar-refractivity contribution < 1.29 is 14.0 Å². The minimum absolute atomic E-state index is 0.0140. The van der Waals surface area contributed by atoms with Crippen LogP contribution < -0.4 is 10.6 Å². The van der Waals surface area contributed by atoms with Gasteiger partial charge in [-0.05, 0) is 67.4 Å². The molecule has 0 spiro atoms. The van der Waals surface area contributed by atoms with E-state index in [4.69, 9.17) is 4.42 Å². The van der Waals surface area contributed by atoms with Crippen LogP contribution in [-0.2, 0) is 9.59 Å². The highest BCUT2D eigenvalue weighted by Gasteiger charge is 2.19. The number of para-hydroxylation sites is 2. The van der Waals surface area contributed by atoms with Gasteiger partial charge in [-0.2, -0.15) is 0 Å². The molecule has 1 atom stereocenters. The van der Waals surface area contributed by atoms with E-state index < -0.39 is 0 Å². The Kier molecular flexibility index (Phi) is 8.21. The fraction of sp³-hybridized carbons (Fsp3) is 0.250. The lowest BCUT2D eigenvalue weighted by atomic mass is 10.2. The van der Waals surface area contributed by atoms with E-state index in [9.17, 15) is 9.59 Å². The van der Waals surface area contributed by atoms with Gasteiger partial charge in [0.15, 0.2) is 5.58 Å². The Morgan fingerprint density at radius 3 is 2.49 bits per heavy atom. The number of hydrogen-bond acceptors (Lipinski definition) is 5. The van der Waals surface area contributed by atoms with Crippen LogP contribution in [0, 0.1) is 0 Å². The van der Waals surface area contributed by atoms with Crippen LogP contribution in [-0.4, -0.2) is 22.0 Å². The number of oxazole rings is 1. The molecule has 1 heterocycles. The maximum absolute atomic E-state index is 13.0. The van der Waals surface area contributed by atoms with Crippen LogP contribution in [0.5, 0.6) is 0 Å². The minimum Gasteiger partial charge on any atom is -0.436 e. The van der Waals surface area contributed by atoms with Crippen LogP contribution in [0.2, 0.25) is 0 Å². The van der Waals surface area contributed by atoms with E-state index in [0.29, 0.717) is 24.4 Å². The Balaban J connectivity index is 1.37. The standard InChI is InChI=1S/C28H29N3O3S/c1-3-5-13-26(32)29-21-9-8-10-22(18-21)35-25(4-2)27(33)30-20-16-14-19(15-17-20)28-31-23-11-6-7-12-24(23)34-28/h6-12,14-18,25H,3-5,13H2,1-2H3,(H,29,32)(H,30,33). The topological polar surface area (TPSA) is 84.2 Å². The molecule has 0 aliphatic rings. The number of carbonyl (C=O) groups excluding carboxylic acids is 2. The van der Waals surface area contributed by atoms with Crippen LogP contribution in [0.4, 0.5) is 11.4 Å². The summed E-state index contributed by atoms with van der Waals surface area (Å²) in [6.45, 7) is 4.05. The minimum atomic E-state index is -0.266. The Hall–Kier alpha value is -3.58. The van der Waals surface area contributed by atoms with Crippen molar-refractivity contribution >= 4 is 46.1 Å². The first-order valence-corrected chi connectivity index (χ1v) is 12.8. The maximum Gasteiger partial charge on any atom is 0.237 e. The summed E-state index contributed by atoms with van der Waals surface area (Å²) in [6, 6.07) is 22.8. The predicted octanol–water partition coefficient (Wildman–Crippen LogP) is 7.13. The van der Waals surface area contributed by atoms with Gasteiger partial charge in [0.2, 0.25) is 17.7 Å². The van der Waals surface area contributed by atoms with Crippen molar-refractivity contribution in [2.75, 3.05) is 10.6 Å². The molecule has 3 aromatic carbocycles. The highest BCUT2D eigenvalue weighted by atomic mass is 32.2. The molecule has 0 aliphatic heterocycles. The lowest BCUT2D eigenvalue weighted by Crippen LogP contribution is -2.24. The number of unbranched alkanes of at least 4 members (excludes halogenated alkanes) is 1. The van der Waals surface area contributed by atoms with Gasteiger partial charge in [-0.25, -0.2) is 4.98 Å². The Labute approximate surface area is 209 Å². The van der Waals surface area contributed by atoms with E-state index in [1.165, 1.54) is 11.8 Å². The van der Waals surface area contributed by atoms with Crippen LogP contribution in [0.1, 0.15) is 39.5 Å². The molecule has 1 unspecified atom stereocenters. The zero-order chi connectivity index (χ0) is 24.6. The summed E-state index contributed by atoms with van der Waals surface area (Å²) >= 11 is 1.49. The van der Waals surface area contributed by atoms with Crippen molar-refractivity contribution in [3.05, 3.63) is 72.8 Å². The van der Waals surface area contributed by atoms with Crippen LogP contribution in [0.3, 0.4) is 0 Å². The van der Waals surface area contributed by atoms with Gasteiger partial charge in [0, 0.05) is 28.3 Å². The number of nitrogens with zero attached hydrogens (tertiary/aromatic N) is 1. The van der Waals surface area contributed by atoms with E-state index in [1.807, 2.05) is 79.7 Å². The van der Waals surface area contributed by atoms with Crippen molar-refractivity contribution in [3.8, 4) is 11.5 Å². The van der Waals surface area contributed by atoms with Gasteiger partial charge in [0.1, 0.15) is 5.52 Å². The second kappa shape index (κ2) is 11.7. The molecule has 4 aromatic rings. The van der Waals surface area contributed by atoms with Gasteiger partial charge in [0.05, 0.1) is 5.25 Å². The molecule has 2 N–H and O–H groups in total. The summed E-state index contributed by atoms with van der Waals surface area (Å²) in [5.74, 6) is 0.498.